The fraction of sp³-hybridized carbons (Fsp3) is 0.357. The average molecular weight is 522 g/mol. The maximum Gasteiger partial charge on any atom is 0.264 e. The number of nitrogens with one attached hydrogen (secondary N) is 2. The number of carbonyl (C=O) groups is 1. The smallest absolute Gasteiger partial charge is 0.264 e. The Labute approximate surface area is 220 Å². The van der Waals surface area contributed by atoms with Gasteiger partial charge in [-0.1, -0.05) is 12.1 Å². The fourth-order valence-electron chi connectivity index (χ4n) is 4.43. The average Bonchev–Trinajstić information content (AvgIpc) is 3.32. The zero-order valence-corrected chi connectivity index (χ0v) is 22.1. The van der Waals surface area contributed by atoms with Gasteiger partial charge in [0.1, 0.15) is 11.9 Å². The molecule has 2 heterocycles. The second-order valence-corrected chi connectivity index (χ2v) is 11.1. The molecule has 3 aromatic rings. The van der Waals surface area contributed by atoms with Crippen LogP contribution in [0, 0.1) is 17.1 Å². The first-order chi connectivity index (χ1) is 17.6. The quantitative estimate of drug-likeness (QED) is 0.336. The number of anilines is 2. The van der Waals surface area contributed by atoms with Crippen molar-refractivity contribution in [3.05, 3.63) is 58.7 Å². The number of nitriles is 1. The Morgan fingerprint density at radius 2 is 2.03 bits per heavy atom. The molecule has 9 heteroatoms. The van der Waals surface area contributed by atoms with Crippen molar-refractivity contribution in [1.29, 1.82) is 5.26 Å². The van der Waals surface area contributed by atoms with Gasteiger partial charge in [-0.25, -0.2) is 4.39 Å². The van der Waals surface area contributed by atoms with Crippen LogP contribution in [0.5, 0.6) is 0 Å². The van der Waals surface area contributed by atoms with Crippen molar-refractivity contribution in [2.45, 2.75) is 38.3 Å². The molecule has 1 saturated heterocycles. The number of nitrogen functional groups attached to an aromatic ring is 1. The summed E-state index contributed by atoms with van der Waals surface area (Å²) >= 11 is 1.35. The molecule has 4 rings (SSSR count). The number of nitrogens with zero attached hydrogens (tertiary/aromatic N) is 2. The summed E-state index contributed by atoms with van der Waals surface area (Å²) in [5.41, 5.74) is 8.66. The lowest BCUT2D eigenvalue weighted by Crippen LogP contribution is -2.46. The highest BCUT2D eigenvalue weighted by molar-refractivity contribution is 7.18. The fourth-order valence-corrected chi connectivity index (χ4v) is 5.57. The van der Waals surface area contributed by atoms with Crippen LogP contribution in [0.3, 0.4) is 0 Å². The molecule has 1 aromatic heterocycles. The first-order valence-electron chi connectivity index (χ1n) is 12.3. The number of piperidine rings is 1. The summed E-state index contributed by atoms with van der Waals surface area (Å²) in [6.45, 7) is 5.07. The van der Waals surface area contributed by atoms with Gasteiger partial charge in [0, 0.05) is 36.1 Å². The SMILES string of the molecule is CNC1CCCN(C(=O)c2cc(-c3ccc(C#N)c(F)c3)c(-c3ccc(NCC(C)(C)O)c(N)c3)s2)C1. The van der Waals surface area contributed by atoms with Crippen LogP contribution in [0.2, 0.25) is 0 Å². The van der Waals surface area contributed by atoms with Crippen LogP contribution in [-0.2, 0) is 0 Å². The monoisotopic (exact) mass is 521 g/mol. The normalized spacial score (nSPS) is 15.9. The van der Waals surface area contributed by atoms with Gasteiger partial charge in [0.2, 0.25) is 0 Å². The number of thiophene rings is 1. The van der Waals surface area contributed by atoms with Crippen LogP contribution in [0.25, 0.3) is 21.6 Å². The Bertz CT molecular complexity index is 1340. The molecule has 5 N–H and O–H groups in total. The minimum absolute atomic E-state index is 0.0327. The third-order valence-corrected chi connectivity index (χ3v) is 7.66. The van der Waals surface area contributed by atoms with Gasteiger partial charge >= 0.3 is 0 Å². The van der Waals surface area contributed by atoms with Gasteiger partial charge in [-0.15, -0.1) is 11.3 Å². The number of rotatable bonds is 7. The molecule has 0 radical (unpaired) electrons. The van der Waals surface area contributed by atoms with Crippen molar-refractivity contribution in [2.24, 2.45) is 0 Å². The molecule has 1 aliphatic heterocycles. The van der Waals surface area contributed by atoms with Crippen molar-refractivity contribution in [3.63, 3.8) is 0 Å². The molecule has 37 heavy (non-hydrogen) atoms. The molecule has 7 nitrogen and oxygen atoms in total. The molecule has 0 bridgehead atoms. The van der Waals surface area contributed by atoms with Crippen molar-refractivity contribution < 1.29 is 14.3 Å². The molecule has 1 amide bonds. The summed E-state index contributed by atoms with van der Waals surface area (Å²) in [5.74, 6) is -0.661. The molecule has 0 saturated carbocycles. The predicted octanol–water partition coefficient (Wildman–Crippen LogP) is 4.68. The Balaban J connectivity index is 1.74. The van der Waals surface area contributed by atoms with E-state index in [-0.39, 0.29) is 17.5 Å². The van der Waals surface area contributed by atoms with Crippen molar-refractivity contribution in [1.82, 2.24) is 10.2 Å². The van der Waals surface area contributed by atoms with E-state index < -0.39 is 11.4 Å². The predicted molar refractivity (Wildman–Crippen MR) is 147 cm³/mol. The molecule has 1 fully saturated rings. The molecule has 1 aliphatic rings. The zero-order valence-electron chi connectivity index (χ0n) is 21.3. The summed E-state index contributed by atoms with van der Waals surface area (Å²) in [4.78, 5) is 16.7. The second-order valence-electron chi connectivity index (χ2n) is 10.0. The van der Waals surface area contributed by atoms with Crippen LogP contribution < -0.4 is 16.4 Å². The summed E-state index contributed by atoms with van der Waals surface area (Å²) in [7, 11) is 1.91. The lowest BCUT2D eigenvalue weighted by atomic mass is 10.00. The lowest BCUT2D eigenvalue weighted by Gasteiger charge is -2.32. The molecular formula is C28H32FN5O2S. The second kappa shape index (κ2) is 10.9. The van der Waals surface area contributed by atoms with Gasteiger partial charge in [-0.2, -0.15) is 5.26 Å². The number of amides is 1. The number of benzene rings is 2. The summed E-state index contributed by atoms with van der Waals surface area (Å²) in [6.07, 6.45) is 1.96. The van der Waals surface area contributed by atoms with Crippen molar-refractivity contribution >= 4 is 28.6 Å². The van der Waals surface area contributed by atoms with Gasteiger partial charge in [0.25, 0.3) is 5.91 Å². The molecule has 194 valence electrons. The van der Waals surface area contributed by atoms with Gasteiger partial charge in [-0.3, -0.25) is 4.79 Å². The van der Waals surface area contributed by atoms with E-state index >= 15 is 0 Å². The largest absolute Gasteiger partial charge is 0.397 e. The van der Waals surface area contributed by atoms with Gasteiger partial charge in [-0.05, 0) is 75.2 Å². The number of likely N-dealkylation sites (tertiary alicyclic amines) is 1. The molecule has 2 aromatic carbocycles. The highest BCUT2D eigenvalue weighted by Gasteiger charge is 2.26. The van der Waals surface area contributed by atoms with E-state index in [1.807, 2.05) is 42.3 Å². The van der Waals surface area contributed by atoms with Crippen LogP contribution in [0.4, 0.5) is 15.8 Å². The Hall–Kier alpha value is -3.45. The topological polar surface area (TPSA) is 114 Å². The molecule has 1 unspecified atom stereocenters. The number of likely N-dealkylation sites (N-methyl/N-ethyl adjacent to an activating group) is 1. The third-order valence-electron chi connectivity index (χ3n) is 6.49. The molecule has 0 spiro atoms. The van der Waals surface area contributed by atoms with Crippen LogP contribution >= 0.6 is 11.3 Å². The van der Waals surface area contributed by atoms with Gasteiger partial charge in [0.15, 0.2) is 0 Å². The number of halogens is 1. The van der Waals surface area contributed by atoms with E-state index in [0.717, 1.165) is 23.3 Å². The maximum absolute atomic E-state index is 14.6. The Morgan fingerprint density at radius 1 is 1.27 bits per heavy atom. The number of carbonyl (C=O) groups excluding carboxylic acids is 1. The molecule has 0 aliphatic carbocycles. The Kier molecular flexibility index (Phi) is 7.83. The van der Waals surface area contributed by atoms with Gasteiger partial charge < -0.3 is 26.4 Å². The lowest BCUT2D eigenvalue weighted by molar-refractivity contribution is 0.0703. The Morgan fingerprint density at radius 3 is 2.68 bits per heavy atom. The number of hydrogen-bond acceptors (Lipinski definition) is 7. The van der Waals surface area contributed by atoms with E-state index in [1.165, 1.54) is 23.5 Å². The first kappa shape index (κ1) is 26.6. The van der Waals surface area contributed by atoms with Crippen LogP contribution in [-0.4, -0.2) is 54.2 Å². The van der Waals surface area contributed by atoms with Gasteiger partial charge in [0.05, 0.1) is 27.4 Å². The number of nitrogens with two attached hydrogens (primary N) is 1. The minimum Gasteiger partial charge on any atom is -0.397 e. The van der Waals surface area contributed by atoms with E-state index in [9.17, 15) is 14.3 Å². The highest BCUT2D eigenvalue weighted by atomic mass is 32.1. The number of aliphatic hydroxyl groups is 1. The standard InChI is InChI=1S/C28H32FN5O2S/c1-28(2,36)16-33-24-9-8-18(12-23(24)31)26-21(17-6-7-19(14-30)22(29)11-17)13-25(37-26)27(35)34-10-4-5-20(15-34)32-3/h6-9,11-13,20,32-33,36H,4-5,10,15-16,31H2,1-3H3. The maximum atomic E-state index is 14.6. The first-order valence-corrected chi connectivity index (χ1v) is 13.1. The van der Waals surface area contributed by atoms with Crippen molar-refractivity contribution in [2.75, 3.05) is 37.7 Å². The summed E-state index contributed by atoms with van der Waals surface area (Å²) < 4.78 is 14.6. The molecular weight excluding hydrogens is 489 g/mol. The number of hydrogen-bond donors (Lipinski definition) is 4. The zero-order chi connectivity index (χ0) is 26.7. The van der Waals surface area contributed by atoms with E-state index in [0.29, 0.717) is 47.0 Å². The highest BCUT2D eigenvalue weighted by Crippen LogP contribution is 2.42. The van der Waals surface area contributed by atoms with E-state index in [2.05, 4.69) is 10.6 Å². The molecule has 1 atom stereocenters. The summed E-state index contributed by atoms with van der Waals surface area (Å²) in [5, 5.41) is 25.6. The minimum atomic E-state index is -0.901. The third kappa shape index (κ3) is 6.10. The van der Waals surface area contributed by atoms with E-state index in [4.69, 9.17) is 11.0 Å². The van der Waals surface area contributed by atoms with Crippen molar-refractivity contribution in [3.8, 4) is 27.6 Å². The van der Waals surface area contributed by atoms with Crippen LogP contribution in [0.15, 0.2) is 42.5 Å². The summed E-state index contributed by atoms with van der Waals surface area (Å²) in [6, 6.07) is 13.9. The van der Waals surface area contributed by atoms with E-state index in [1.54, 1.807) is 19.9 Å². The van der Waals surface area contributed by atoms with Crippen LogP contribution in [0.1, 0.15) is 41.9 Å².